The summed E-state index contributed by atoms with van der Waals surface area (Å²) in [6, 6.07) is 4.42. The van der Waals surface area contributed by atoms with E-state index in [1.54, 1.807) is 6.20 Å². The quantitative estimate of drug-likeness (QED) is 0.847. The molecule has 1 aliphatic carbocycles. The average molecular weight is 274 g/mol. The summed E-state index contributed by atoms with van der Waals surface area (Å²) in [7, 11) is 0. The van der Waals surface area contributed by atoms with Gasteiger partial charge in [0.05, 0.1) is 12.7 Å². The summed E-state index contributed by atoms with van der Waals surface area (Å²) in [5.74, 6) is 0.811. The first-order chi connectivity index (χ1) is 9.92. The van der Waals surface area contributed by atoms with Gasteiger partial charge in [0, 0.05) is 31.9 Å². The standard InChI is InChI=1S/C15H22N4O/c1-2-5-13(6-3-1)19-9-10-20-14(12-19)11-16-15-7-4-8-17-18-15/h2,4-5,7-8,13-14H,1,3,6,9-12H2,(H,16,18)/t13-,14+/m1/s1. The van der Waals surface area contributed by atoms with Crippen molar-refractivity contribution in [3.05, 3.63) is 30.5 Å². The fourth-order valence-electron chi connectivity index (χ4n) is 2.88. The smallest absolute Gasteiger partial charge is 0.148 e. The molecule has 0 bridgehead atoms. The average Bonchev–Trinajstić information content (AvgIpc) is 2.55. The molecule has 1 aromatic heterocycles. The van der Waals surface area contributed by atoms with Gasteiger partial charge in [-0.2, -0.15) is 5.10 Å². The highest BCUT2D eigenvalue weighted by Crippen LogP contribution is 2.19. The van der Waals surface area contributed by atoms with Crippen LogP contribution in [0.4, 0.5) is 5.82 Å². The molecule has 1 N–H and O–H groups in total. The van der Waals surface area contributed by atoms with E-state index in [0.29, 0.717) is 6.04 Å². The van der Waals surface area contributed by atoms with E-state index in [1.165, 1.54) is 19.3 Å². The zero-order chi connectivity index (χ0) is 13.6. The van der Waals surface area contributed by atoms with Crippen LogP contribution in [0.5, 0.6) is 0 Å². The lowest BCUT2D eigenvalue weighted by Crippen LogP contribution is -2.49. The van der Waals surface area contributed by atoms with E-state index < -0.39 is 0 Å². The Bertz CT molecular complexity index is 437. The van der Waals surface area contributed by atoms with Crippen molar-refractivity contribution in [3.63, 3.8) is 0 Å². The highest BCUT2D eigenvalue weighted by molar-refractivity contribution is 5.31. The third-order valence-corrected chi connectivity index (χ3v) is 3.95. The first-order valence-corrected chi connectivity index (χ1v) is 7.46. The van der Waals surface area contributed by atoms with Crippen LogP contribution in [0.1, 0.15) is 19.3 Å². The van der Waals surface area contributed by atoms with Crippen LogP contribution in [0.25, 0.3) is 0 Å². The van der Waals surface area contributed by atoms with Gasteiger partial charge in [-0.05, 0) is 31.4 Å². The number of nitrogens with zero attached hydrogens (tertiary/aromatic N) is 3. The van der Waals surface area contributed by atoms with E-state index in [4.69, 9.17) is 4.74 Å². The molecule has 5 nitrogen and oxygen atoms in total. The summed E-state index contributed by atoms with van der Waals surface area (Å²) in [6.45, 7) is 3.63. The van der Waals surface area contributed by atoms with Crippen molar-refractivity contribution in [1.82, 2.24) is 15.1 Å². The van der Waals surface area contributed by atoms with E-state index in [0.717, 1.165) is 32.1 Å². The molecule has 20 heavy (non-hydrogen) atoms. The van der Waals surface area contributed by atoms with Gasteiger partial charge in [0.25, 0.3) is 0 Å². The SMILES string of the molecule is C1=C[C@@H](N2CCO[C@@H](CNc3cccnn3)C2)CCC1. The minimum absolute atomic E-state index is 0.223. The molecule has 1 aliphatic heterocycles. The van der Waals surface area contributed by atoms with Gasteiger partial charge in [0.1, 0.15) is 5.82 Å². The molecular weight excluding hydrogens is 252 g/mol. The van der Waals surface area contributed by atoms with E-state index in [9.17, 15) is 0 Å². The Hall–Kier alpha value is -1.46. The molecule has 0 spiro atoms. The molecule has 2 aliphatic rings. The summed E-state index contributed by atoms with van der Waals surface area (Å²) < 4.78 is 5.84. The Morgan fingerprint density at radius 3 is 3.25 bits per heavy atom. The zero-order valence-electron chi connectivity index (χ0n) is 11.7. The number of nitrogens with one attached hydrogen (secondary N) is 1. The van der Waals surface area contributed by atoms with E-state index in [1.807, 2.05) is 12.1 Å². The molecule has 3 rings (SSSR count). The van der Waals surface area contributed by atoms with Crippen LogP contribution < -0.4 is 5.32 Å². The van der Waals surface area contributed by atoms with Crippen molar-refractivity contribution in [2.75, 3.05) is 31.6 Å². The number of ether oxygens (including phenoxy) is 1. The lowest BCUT2D eigenvalue weighted by Gasteiger charge is -2.38. The van der Waals surface area contributed by atoms with Gasteiger partial charge in [0.15, 0.2) is 0 Å². The Labute approximate surface area is 120 Å². The molecule has 5 heteroatoms. The minimum atomic E-state index is 0.223. The van der Waals surface area contributed by atoms with Crippen LogP contribution in [-0.4, -0.2) is 53.5 Å². The Morgan fingerprint density at radius 1 is 1.45 bits per heavy atom. The Morgan fingerprint density at radius 2 is 2.45 bits per heavy atom. The van der Waals surface area contributed by atoms with Crippen molar-refractivity contribution >= 4 is 5.82 Å². The van der Waals surface area contributed by atoms with Crippen molar-refractivity contribution < 1.29 is 4.74 Å². The predicted molar refractivity (Wildman–Crippen MR) is 78.6 cm³/mol. The van der Waals surface area contributed by atoms with E-state index >= 15 is 0 Å². The first kappa shape index (κ1) is 13.5. The molecule has 0 radical (unpaired) electrons. The van der Waals surface area contributed by atoms with Gasteiger partial charge in [-0.15, -0.1) is 5.10 Å². The number of morpholine rings is 1. The fourth-order valence-corrected chi connectivity index (χ4v) is 2.88. The summed E-state index contributed by atoms with van der Waals surface area (Å²) in [5.41, 5.74) is 0. The number of hydrogen-bond donors (Lipinski definition) is 1. The largest absolute Gasteiger partial charge is 0.374 e. The Balaban J connectivity index is 1.50. The first-order valence-electron chi connectivity index (χ1n) is 7.46. The zero-order valence-corrected chi connectivity index (χ0v) is 11.7. The third kappa shape index (κ3) is 3.55. The van der Waals surface area contributed by atoms with Gasteiger partial charge >= 0.3 is 0 Å². The number of aromatic nitrogens is 2. The summed E-state index contributed by atoms with van der Waals surface area (Å²) in [6.07, 6.45) is 10.4. The number of hydrogen-bond acceptors (Lipinski definition) is 5. The molecule has 0 amide bonds. The molecule has 0 aromatic carbocycles. The minimum Gasteiger partial charge on any atom is -0.374 e. The molecular formula is C15H22N4O. The monoisotopic (exact) mass is 274 g/mol. The van der Waals surface area contributed by atoms with Crippen LogP contribution in [-0.2, 0) is 4.74 Å². The van der Waals surface area contributed by atoms with Gasteiger partial charge in [-0.3, -0.25) is 4.90 Å². The van der Waals surface area contributed by atoms with E-state index in [2.05, 4.69) is 32.6 Å². The van der Waals surface area contributed by atoms with Gasteiger partial charge in [-0.25, -0.2) is 0 Å². The van der Waals surface area contributed by atoms with Crippen molar-refractivity contribution in [1.29, 1.82) is 0 Å². The summed E-state index contributed by atoms with van der Waals surface area (Å²) >= 11 is 0. The van der Waals surface area contributed by atoms with Crippen LogP contribution in [0.15, 0.2) is 30.5 Å². The molecule has 108 valence electrons. The topological polar surface area (TPSA) is 50.3 Å². The molecule has 1 fully saturated rings. The molecule has 1 aromatic rings. The molecule has 0 unspecified atom stereocenters. The second kappa shape index (κ2) is 6.81. The molecule has 0 saturated carbocycles. The maximum Gasteiger partial charge on any atom is 0.148 e. The van der Waals surface area contributed by atoms with Crippen LogP contribution in [0, 0.1) is 0 Å². The Kier molecular flexibility index (Phi) is 4.61. The molecule has 2 heterocycles. The van der Waals surface area contributed by atoms with Crippen LogP contribution in [0.3, 0.4) is 0 Å². The summed E-state index contributed by atoms with van der Waals surface area (Å²) in [4.78, 5) is 2.54. The highest BCUT2D eigenvalue weighted by Gasteiger charge is 2.25. The lowest BCUT2D eigenvalue weighted by atomic mass is 10.0. The fraction of sp³-hybridized carbons (Fsp3) is 0.600. The third-order valence-electron chi connectivity index (χ3n) is 3.95. The highest BCUT2D eigenvalue weighted by atomic mass is 16.5. The summed E-state index contributed by atoms with van der Waals surface area (Å²) in [5, 5.41) is 11.2. The van der Waals surface area contributed by atoms with Crippen molar-refractivity contribution in [2.24, 2.45) is 0 Å². The lowest BCUT2D eigenvalue weighted by molar-refractivity contribution is -0.0317. The normalized spacial score (nSPS) is 27.4. The van der Waals surface area contributed by atoms with Crippen molar-refractivity contribution in [2.45, 2.75) is 31.4 Å². The second-order valence-electron chi connectivity index (χ2n) is 5.40. The molecule has 1 saturated heterocycles. The van der Waals surface area contributed by atoms with E-state index in [-0.39, 0.29) is 6.10 Å². The van der Waals surface area contributed by atoms with Crippen LogP contribution in [0.2, 0.25) is 0 Å². The van der Waals surface area contributed by atoms with Crippen molar-refractivity contribution in [3.8, 4) is 0 Å². The number of allylic oxidation sites excluding steroid dienone is 1. The van der Waals surface area contributed by atoms with Crippen LogP contribution >= 0.6 is 0 Å². The maximum absolute atomic E-state index is 5.84. The maximum atomic E-state index is 5.84. The number of anilines is 1. The second-order valence-corrected chi connectivity index (χ2v) is 5.40. The number of rotatable bonds is 4. The predicted octanol–water partition coefficient (Wildman–Crippen LogP) is 1.70. The molecule has 2 atom stereocenters. The van der Waals surface area contributed by atoms with Gasteiger partial charge in [-0.1, -0.05) is 12.2 Å². The van der Waals surface area contributed by atoms with Gasteiger partial charge < -0.3 is 10.1 Å². The van der Waals surface area contributed by atoms with Gasteiger partial charge in [0.2, 0.25) is 0 Å².